The van der Waals surface area contributed by atoms with Crippen molar-refractivity contribution in [1.29, 1.82) is 0 Å². The molecule has 0 radical (unpaired) electrons. The minimum absolute atomic E-state index is 0.0301. The predicted molar refractivity (Wildman–Crippen MR) is 144 cm³/mol. The van der Waals surface area contributed by atoms with Crippen LogP contribution in [-0.2, 0) is 19.0 Å². The first-order chi connectivity index (χ1) is 20.8. The van der Waals surface area contributed by atoms with E-state index in [2.05, 4.69) is 0 Å². The summed E-state index contributed by atoms with van der Waals surface area (Å²) in [5, 5.41) is 81.8. The van der Waals surface area contributed by atoms with Crippen LogP contribution in [0, 0.1) is 0 Å². The molecule has 3 aromatic rings. The highest BCUT2D eigenvalue weighted by Gasteiger charge is 2.53. The lowest BCUT2D eigenvalue weighted by molar-refractivity contribution is -0.351. The van der Waals surface area contributed by atoms with Gasteiger partial charge in [0.2, 0.25) is 12.0 Å². The van der Waals surface area contributed by atoms with Crippen LogP contribution < -0.4 is 14.9 Å². The molecule has 0 saturated carbocycles. The molecule has 0 amide bonds. The highest BCUT2D eigenvalue weighted by molar-refractivity contribution is 5.89. The molecule has 0 unspecified atom stereocenters. The lowest BCUT2D eigenvalue weighted by Gasteiger charge is -2.45. The highest BCUT2D eigenvalue weighted by atomic mass is 16.8. The molecule has 1 aromatic heterocycles. The number of carboxylic acid groups (broad SMARTS) is 1. The summed E-state index contributed by atoms with van der Waals surface area (Å²) in [5.74, 6) is -3.18. The average Bonchev–Trinajstić information content (AvgIpc) is 2.98. The first-order valence-corrected chi connectivity index (χ1v) is 13.3. The molecule has 2 aromatic carbocycles. The molecule has 2 saturated heterocycles. The second-order valence-corrected chi connectivity index (χ2v) is 10.3. The van der Waals surface area contributed by atoms with Crippen LogP contribution in [0.1, 0.15) is 6.92 Å². The standard InChI is InChI=1S/C28H30O16/c1-9-17(31)19(33)22(36)27(40-9)44-25-21(35)20(34)24(26(37)38)43-28(25)42-15-8-14-16(18(32)23(15)39-2)12(30)7-13(41-14)10-3-5-11(29)6-4-10/h3-9,17,19-22,24-25,27-29,31-36H,1-2H3,(H,37,38)/t9-,17-,19+,20-,21-,22+,24-,25+,27-,28+/m0/s1. The van der Waals surface area contributed by atoms with Crippen molar-refractivity contribution in [3.05, 3.63) is 46.6 Å². The van der Waals surface area contributed by atoms with E-state index in [1.54, 1.807) is 0 Å². The Labute approximate surface area is 247 Å². The van der Waals surface area contributed by atoms with E-state index in [0.717, 1.165) is 19.2 Å². The van der Waals surface area contributed by atoms with Gasteiger partial charge in [0, 0.05) is 17.7 Å². The number of methoxy groups -OCH3 is 1. The number of hydrogen-bond donors (Lipinski definition) is 8. The second kappa shape index (κ2) is 12.2. The Morgan fingerprint density at radius 3 is 2.18 bits per heavy atom. The largest absolute Gasteiger partial charge is 0.508 e. The number of rotatable bonds is 7. The fourth-order valence-corrected chi connectivity index (χ4v) is 5.00. The normalized spacial score (nSPS) is 32.3. The predicted octanol–water partition coefficient (Wildman–Crippen LogP) is -0.997. The van der Waals surface area contributed by atoms with Crippen molar-refractivity contribution in [2.75, 3.05) is 7.11 Å². The molecule has 0 aliphatic carbocycles. The van der Waals surface area contributed by atoms with Gasteiger partial charge in [0.15, 0.2) is 35.4 Å². The van der Waals surface area contributed by atoms with Crippen molar-refractivity contribution in [3.63, 3.8) is 0 Å². The fourth-order valence-electron chi connectivity index (χ4n) is 5.00. The van der Waals surface area contributed by atoms with Crippen molar-refractivity contribution in [3.8, 4) is 34.3 Å². The summed E-state index contributed by atoms with van der Waals surface area (Å²) in [6.07, 6.45) is -17.7. The summed E-state index contributed by atoms with van der Waals surface area (Å²) < 4.78 is 33.4. The maximum absolute atomic E-state index is 13.0. The maximum atomic E-state index is 13.0. The summed E-state index contributed by atoms with van der Waals surface area (Å²) in [5.41, 5.74) is -0.485. The van der Waals surface area contributed by atoms with Crippen LogP contribution in [0.5, 0.6) is 23.0 Å². The van der Waals surface area contributed by atoms with Crippen LogP contribution >= 0.6 is 0 Å². The molecular weight excluding hydrogens is 592 g/mol. The van der Waals surface area contributed by atoms with Gasteiger partial charge in [-0.3, -0.25) is 4.79 Å². The minimum Gasteiger partial charge on any atom is -0.508 e. The summed E-state index contributed by atoms with van der Waals surface area (Å²) >= 11 is 0. The fraction of sp³-hybridized carbons (Fsp3) is 0.429. The number of aliphatic hydroxyl groups excluding tert-OH is 5. The number of aliphatic carboxylic acids is 1. The zero-order valence-corrected chi connectivity index (χ0v) is 23.1. The molecular formula is C28H30O16. The van der Waals surface area contributed by atoms with Crippen molar-refractivity contribution in [1.82, 2.24) is 0 Å². The first kappa shape index (κ1) is 31.4. The van der Waals surface area contributed by atoms with Crippen LogP contribution in [0.15, 0.2) is 45.6 Å². The number of phenolic OH excluding ortho intramolecular Hbond substituents is 2. The van der Waals surface area contributed by atoms with Crippen molar-refractivity contribution in [2.45, 2.75) is 68.3 Å². The van der Waals surface area contributed by atoms with E-state index in [-0.39, 0.29) is 28.2 Å². The number of ether oxygens (including phenoxy) is 5. The van der Waals surface area contributed by atoms with E-state index in [9.17, 15) is 50.4 Å². The van der Waals surface area contributed by atoms with Crippen LogP contribution in [0.3, 0.4) is 0 Å². The van der Waals surface area contributed by atoms with E-state index >= 15 is 0 Å². The highest BCUT2D eigenvalue weighted by Crippen LogP contribution is 2.44. The van der Waals surface area contributed by atoms with Crippen molar-refractivity contribution in [2.24, 2.45) is 0 Å². The van der Waals surface area contributed by atoms with Gasteiger partial charge in [-0.05, 0) is 31.2 Å². The van der Waals surface area contributed by atoms with Gasteiger partial charge < -0.3 is 69.0 Å². The van der Waals surface area contributed by atoms with E-state index in [0.29, 0.717) is 5.56 Å². The zero-order chi connectivity index (χ0) is 32.0. The third-order valence-electron chi connectivity index (χ3n) is 7.40. The Balaban J connectivity index is 1.56. The first-order valence-electron chi connectivity index (χ1n) is 13.3. The maximum Gasteiger partial charge on any atom is 0.335 e. The number of carboxylic acids is 1. The van der Waals surface area contributed by atoms with Crippen molar-refractivity contribution < 1.29 is 73.7 Å². The molecule has 0 bridgehead atoms. The molecule has 2 aliphatic rings. The molecule has 0 spiro atoms. The van der Waals surface area contributed by atoms with Gasteiger partial charge in [0.05, 0.1) is 13.2 Å². The monoisotopic (exact) mass is 622 g/mol. The lowest BCUT2D eigenvalue weighted by Crippen LogP contribution is -2.65. The topological polar surface area (TPSA) is 255 Å². The summed E-state index contributed by atoms with van der Waals surface area (Å²) in [7, 11) is 1.13. The molecule has 16 heteroatoms. The van der Waals surface area contributed by atoms with Gasteiger partial charge in [-0.15, -0.1) is 0 Å². The molecule has 5 rings (SSSR count). The number of aromatic hydroxyl groups is 2. The molecule has 8 N–H and O–H groups in total. The van der Waals surface area contributed by atoms with Crippen LogP contribution in [-0.4, -0.2) is 115 Å². The molecule has 16 nitrogen and oxygen atoms in total. The number of carbonyl (C=O) groups is 1. The minimum atomic E-state index is -2.07. The van der Waals surface area contributed by atoms with Gasteiger partial charge in [0.1, 0.15) is 53.0 Å². The van der Waals surface area contributed by atoms with E-state index < -0.39 is 84.3 Å². The summed E-state index contributed by atoms with van der Waals surface area (Å²) in [4.78, 5) is 24.8. The molecule has 3 heterocycles. The Morgan fingerprint density at radius 1 is 0.864 bits per heavy atom. The van der Waals surface area contributed by atoms with Crippen LogP contribution in [0.25, 0.3) is 22.3 Å². The van der Waals surface area contributed by atoms with Gasteiger partial charge in [-0.25, -0.2) is 4.79 Å². The molecule has 2 fully saturated rings. The number of hydrogen-bond acceptors (Lipinski definition) is 15. The quantitative estimate of drug-likeness (QED) is 0.157. The Hall–Kier alpha value is -4.00. The SMILES string of the molecule is COc1c(O[C@@H]2O[C@H](C(=O)O)[C@@H](O)[C@H](O)[C@H]2O[C@@H]2O[C@@H](C)[C@H](O)[C@@H](O)[C@H]2O)cc2oc(-c3ccc(O)cc3)cc(=O)c2c1O. The molecule has 238 valence electrons. The third kappa shape index (κ3) is 5.64. The lowest BCUT2D eigenvalue weighted by atomic mass is 9.97. The van der Waals surface area contributed by atoms with Gasteiger partial charge >= 0.3 is 5.97 Å². The van der Waals surface area contributed by atoms with Gasteiger partial charge in [-0.1, -0.05) is 0 Å². The van der Waals surface area contributed by atoms with E-state index in [1.165, 1.54) is 31.2 Å². The molecule has 10 atom stereocenters. The number of fused-ring (bicyclic) bond motifs is 1. The number of phenols is 2. The second-order valence-electron chi connectivity index (χ2n) is 10.3. The molecule has 44 heavy (non-hydrogen) atoms. The zero-order valence-electron chi connectivity index (χ0n) is 23.1. The van der Waals surface area contributed by atoms with Crippen LogP contribution in [0.2, 0.25) is 0 Å². The van der Waals surface area contributed by atoms with Gasteiger partial charge in [-0.2, -0.15) is 0 Å². The Bertz CT molecular complexity index is 1570. The van der Waals surface area contributed by atoms with E-state index in [4.69, 9.17) is 28.1 Å². The number of aliphatic hydroxyl groups is 5. The summed E-state index contributed by atoms with van der Waals surface area (Å²) in [6, 6.07) is 7.93. The Kier molecular flexibility index (Phi) is 8.70. The van der Waals surface area contributed by atoms with Gasteiger partial charge in [0.25, 0.3) is 0 Å². The van der Waals surface area contributed by atoms with E-state index in [1.807, 2.05) is 0 Å². The Morgan fingerprint density at radius 2 is 1.55 bits per heavy atom. The van der Waals surface area contributed by atoms with Crippen molar-refractivity contribution >= 4 is 16.9 Å². The number of benzene rings is 2. The third-order valence-corrected chi connectivity index (χ3v) is 7.40. The smallest absolute Gasteiger partial charge is 0.335 e. The molecule has 2 aliphatic heterocycles. The van der Waals surface area contributed by atoms with Crippen LogP contribution in [0.4, 0.5) is 0 Å². The summed E-state index contributed by atoms with van der Waals surface area (Å²) in [6.45, 7) is 1.37. The average molecular weight is 623 g/mol.